The molecule has 2 bridgehead atoms. The van der Waals surface area contributed by atoms with Gasteiger partial charge in [0.2, 0.25) is 17.7 Å². The molecule has 3 saturated heterocycles. The lowest BCUT2D eigenvalue weighted by Crippen LogP contribution is -2.54. The minimum atomic E-state index is -1.11. The van der Waals surface area contributed by atoms with Crippen molar-refractivity contribution in [3.05, 3.63) is 24.3 Å². The summed E-state index contributed by atoms with van der Waals surface area (Å²) in [5, 5.41) is 15.3. The van der Waals surface area contributed by atoms with E-state index in [-0.39, 0.29) is 36.8 Å². The second kappa shape index (κ2) is 8.85. The van der Waals surface area contributed by atoms with Crippen LogP contribution >= 0.6 is 0 Å². The van der Waals surface area contributed by atoms with Crippen molar-refractivity contribution < 1.29 is 24.2 Å². The smallest absolute Gasteiger partial charge is 0.250 e. The summed E-state index contributed by atoms with van der Waals surface area (Å²) in [5.74, 6) is -2.41. The van der Waals surface area contributed by atoms with Crippen LogP contribution in [0.2, 0.25) is 0 Å². The molecule has 3 heterocycles. The lowest BCUT2D eigenvalue weighted by molar-refractivity contribution is -0.146. The van der Waals surface area contributed by atoms with Gasteiger partial charge in [0.25, 0.3) is 0 Å². The fourth-order valence-electron chi connectivity index (χ4n) is 6.50. The maximum atomic E-state index is 13.7. The Morgan fingerprint density at radius 2 is 1.85 bits per heavy atom. The second-order valence-electron chi connectivity index (χ2n) is 9.78. The van der Waals surface area contributed by atoms with Crippen molar-refractivity contribution in [1.29, 1.82) is 0 Å². The third-order valence-electron chi connectivity index (χ3n) is 8.20. The Morgan fingerprint density at radius 3 is 2.41 bits per heavy atom. The average Bonchev–Trinajstić information content (AvgIpc) is 3.32. The molecule has 0 aromatic heterocycles. The molecule has 3 fully saturated rings. The molecule has 9 heteroatoms. The van der Waals surface area contributed by atoms with Gasteiger partial charge in [0.15, 0.2) is 0 Å². The Hall–Kier alpha value is -2.65. The maximum Gasteiger partial charge on any atom is 0.250 e. The van der Waals surface area contributed by atoms with E-state index in [9.17, 15) is 19.5 Å². The number of likely N-dealkylation sites (tertiary alicyclic amines) is 1. The quantitative estimate of drug-likeness (QED) is 0.525. The van der Waals surface area contributed by atoms with Gasteiger partial charge >= 0.3 is 0 Å². The number of β-amino-alcohol motifs (C(OH)–C–C–N with tert-alkyl or cyclic N) is 1. The van der Waals surface area contributed by atoms with Gasteiger partial charge in [-0.3, -0.25) is 14.4 Å². The van der Waals surface area contributed by atoms with Gasteiger partial charge in [0.1, 0.15) is 11.6 Å². The normalized spacial score (nSPS) is 33.7. The predicted octanol–water partition coefficient (Wildman–Crippen LogP) is 1.22. The Bertz CT molecular complexity index is 965. The third kappa shape index (κ3) is 3.40. The van der Waals surface area contributed by atoms with Gasteiger partial charge in [0, 0.05) is 38.1 Å². The van der Waals surface area contributed by atoms with Crippen LogP contribution in [-0.2, 0) is 19.1 Å². The van der Waals surface area contributed by atoms with Crippen LogP contribution in [0, 0.1) is 17.8 Å². The minimum Gasteiger partial charge on any atom is -0.395 e. The summed E-state index contributed by atoms with van der Waals surface area (Å²) in [6, 6.07) is 6.67. The van der Waals surface area contributed by atoms with Crippen LogP contribution in [0.3, 0.4) is 0 Å². The largest absolute Gasteiger partial charge is 0.395 e. The van der Waals surface area contributed by atoms with E-state index >= 15 is 0 Å². The van der Waals surface area contributed by atoms with Crippen molar-refractivity contribution in [2.24, 2.45) is 17.8 Å². The first-order valence-electron chi connectivity index (χ1n) is 12.2. The molecule has 0 aliphatic carbocycles. The lowest BCUT2D eigenvalue weighted by Gasteiger charge is -2.36. The molecule has 0 saturated carbocycles. The van der Waals surface area contributed by atoms with Crippen LogP contribution < -0.4 is 15.5 Å². The van der Waals surface area contributed by atoms with Crippen LogP contribution in [0.15, 0.2) is 24.3 Å². The molecule has 4 rings (SSSR count). The molecule has 34 heavy (non-hydrogen) atoms. The van der Waals surface area contributed by atoms with Crippen LogP contribution in [0.4, 0.5) is 11.4 Å². The zero-order chi connectivity index (χ0) is 24.8. The van der Waals surface area contributed by atoms with E-state index in [1.54, 1.807) is 7.05 Å². The number of nitrogens with zero attached hydrogens (tertiary/aromatic N) is 2. The number of hydrogen-bond acceptors (Lipinski definition) is 6. The van der Waals surface area contributed by atoms with Crippen molar-refractivity contribution in [3.63, 3.8) is 0 Å². The molecule has 1 aromatic carbocycles. The molecule has 1 spiro atoms. The number of fused-ring (bicyclic) bond motifs is 1. The average molecular weight is 473 g/mol. The van der Waals surface area contributed by atoms with Crippen LogP contribution in [0.25, 0.3) is 0 Å². The number of aliphatic hydroxyl groups excluding tert-OH is 1. The molecule has 0 radical (unpaired) electrons. The minimum absolute atomic E-state index is 0.00495. The van der Waals surface area contributed by atoms with E-state index in [4.69, 9.17) is 4.74 Å². The van der Waals surface area contributed by atoms with Crippen molar-refractivity contribution in [2.45, 2.75) is 51.4 Å². The highest BCUT2D eigenvalue weighted by Gasteiger charge is 2.79. The fourth-order valence-corrected chi connectivity index (χ4v) is 6.50. The Balaban J connectivity index is 1.67. The monoisotopic (exact) mass is 472 g/mol. The topological polar surface area (TPSA) is 111 Å². The summed E-state index contributed by atoms with van der Waals surface area (Å²) < 4.78 is 6.54. The summed E-state index contributed by atoms with van der Waals surface area (Å²) in [7, 11) is 1.55. The van der Waals surface area contributed by atoms with Gasteiger partial charge < -0.3 is 30.3 Å². The molecule has 3 N–H and O–H groups in total. The Morgan fingerprint density at radius 1 is 1.21 bits per heavy atom. The van der Waals surface area contributed by atoms with E-state index < -0.39 is 29.1 Å². The van der Waals surface area contributed by atoms with E-state index in [2.05, 4.69) is 29.4 Å². The number of benzene rings is 1. The van der Waals surface area contributed by atoms with Crippen molar-refractivity contribution in [3.8, 4) is 0 Å². The van der Waals surface area contributed by atoms with Gasteiger partial charge in [0.05, 0.1) is 24.0 Å². The fraction of sp³-hybridized carbons (Fsp3) is 0.640. The zero-order valence-electron chi connectivity index (χ0n) is 20.6. The Labute approximate surface area is 200 Å². The number of carbonyl (C=O) groups is 3. The number of rotatable bonds is 8. The van der Waals surface area contributed by atoms with Gasteiger partial charge in [-0.15, -0.1) is 0 Å². The van der Waals surface area contributed by atoms with Crippen LogP contribution in [0.1, 0.15) is 34.1 Å². The highest BCUT2D eigenvalue weighted by molar-refractivity contribution is 6.03. The number of anilines is 2. The number of hydrogen-bond donors (Lipinski definition) is 3. The van der Waals surface area contributed by atoms with E-state index in [0.717, 1.165) is 18.8 Å². The van der Waals surface area contributed by atoms with E-state index in [0.29, 0.717) is 12.1 Å². The second-order valence-corrected chi connectivity index (χ2v) is 9.78. The first kappa shape index (κ1) is 24.5. The van der Waals surface area contributed by atoms with E-state index in [1.165, 1.54) is 4.90 Å². The third-order valence-corrected chi connectivity index (χ3v) is 8.20. The number of ether oxygens (including phenoxy) is 1. The SMILES string of the molecule is CCN(CC)c1ccc(NC(=O)C2N(CCO)C(=O)[C@@H]3[C@H](C(=O)NC)[C@@]4(C)OC23CC4C)cc1. The van der Waals surface area contributed by atoms with E-state index in [1.807, 2.05) is 38.1 Å². The summed E-state index contributed by atoms with van der Waals surface area (Å²) in [6.07, 6.45) is 0.494. The summed E-state index contributed by atoms with van der Waals surface area (Å²) in [4.78, 5) is 43.7. The predicted molar refractivity (Wildman–Crippen MR) is 128 cm³/mol. The van der Waals surface area contributed by atoms with Crippen LogP contribution in [0.5, 0.6) is 0 Å². The molecule has 3 amide bonds. The van der Waals surface area contributed by atoms with Gasteiger partial charge in [-0.1, -0.05) is 6.92 Å². The molecule has 1 aromatic rings. The number of carbonyl (C=O) groups excluding carboxylic acids is 3. The molecular weight excluding hydrogens is 436 g/mol. The standard InChI is InChI=1S/C25H36N4O5/c1-6-28(7-2)17-10-8-16(9-11-17)27-22(32)20-25-14-15(3)24(4,34-25)18(21(31)26-5)19(25)23(33)29(20)12-13-30/h8-11,15,18-20,30H,6-7,12-14H2,1-5H3,(H,26,31)(H,27,32)/t15?,18-,19+,20?,24+,25?/m1/s1. The van der Waals surface area contributed by atoms with Crippen molar-refractivity contribution in [2.75, 3.05) is 43.5 Å². The first-order chi connectivity index (χ1) is 16.2. The van der Waals surface area contributed by atoms with Gasteiger partial charge in [-0.05, 0) is 57.4 Å². The lowest BCUT2D eigenvalue weighted by atomic mass is 9.62. The van der Waals surface area contributed by atoms with Crippen molar-refractivity contribution >= 4 is 29.1 Å². The van der Waals surface area contributed by atoms with Crippen LogP contribution in [-0.4, -0.2) is 78.3 Å². The number of amides is 3. The summed E-state index contributed by atoms with van der Waals surface area (Å²) in [5.41, 5.74) is -0.266. The molecule has 9 nitrogen and oxygen atoms in total. The number of aliphatic hydroxyl groups is 1. The molecule has 3 unspecified atom stereocenters. The molecule has 3 aliphatic rings. The molecular formula is C25H36N4O5. The molecule has 6 atom stereocenters. The number of nitrogens with one attached hydrogen (secondary N) is 2. The molecule has 186 valence electrons. The summed E-state index contributed by atoms with van der Waals surface area (Å²) in [6.45, 7) is 9.54. The summed E-state index contributed by atoms with van der Waals surface area (Å²) >= 11 is 0. The zero-order valence-corrected chi connectivity index (χ0v) is 20.6. The first-order valence-corrected chi connectivity index (χ1v) is 12.2. The Kier molecular flexibility index (Phi) is 6.37. The van der Waals surface area contributed by atoms with Gasteiger partial charge in [-0.25, -0.2) is 0 Å². The highest BCUT2D eigenvalue weighted by Crippen LogP contribution is 2.65. The maximum absolute atomic E-state index is 13.7. The van der Waals surface area contributed by atoms with Crippen molar-refractivity contribution in [1.82, 2.24) is 10.2 Å². The highest BCUT2D eigenvalue weighted by atomic mass is 16.5. The molecule has 3 aliphatic heterocycles. The van der Waals surface area contributed by atoms with Gasteiger partial charge in [-0.2, -0.15) is 0 Å².